The molecule has 1 aliphatic heterocycles. The summed E-state index contributed by atoms with van der Waals surface area (Å²) in [6.07, 6.45) is 8.86. The van der Waals surface area contributed by atoms with E-state index in [-0.39, 0.29) is 36.4 Å². The van der Waals surface area contributed by atoms with E-state index in [1.807, 2.05) is 0 Å². The minimum Gasteiger partial charge on any atom is -0.396 e. The van der Waals surface area contributed by atoms with Crippen molar-refractivity contribution >= 4 is 18.3 Å². The fourth-order valence-corrected chi connectivity index (χ4v) is 3.35. The van der Waals surface area contributed by atoms with E-state index in [0.29, 0.717) is 0 Å². The molecule has 1 saturated carbocycles. The highest BCUT2D eigenvalue weighted by atomic mass is 35.5. The Morgan fingerprint density at radius 2 is 2.00 bits per heavy atom. The number of piperidine rings is 1. The first kappa shape index (κ1) is 16.7. The van der Waals surface area contributed by atoms with Crippen LogP contribution in [0.5, 0.6) is 0 Å². The first-order chi connectivity index (χ1) is 8.76. The molecule has 1 aliphatic carbocycles. The third-order valence-electron chi connectivity index (χ3n) is 4.57. The summed E-state index contributed by atoms with van der Waals surface area (Å²) in [4.78, 5) is 12.1. The Morgan fingerprint density at radius 1 is 1.26 bits per heavy atom. The number of hydrogen-bond donors (Lipinski definition) is 3. The number of aliphatic hydroxyl groups excluding tert-OH is 1. The summed E-state index contributed by atoms with van der Waals surface area (Å²) in [5.74, 6) is 0.152. The van der Waals surface area contributed by atoms with Crippen molar-refractivity contribution in [2.75, 3.05) is 19.7 Å². The number of aliphatic hydroxyl groups is 1. The zero-order valence-corrected chi connectivity index (χ0v) is 12.4. The SMILES string of the molecule is Cl.O=C(NCC1(CCO)CCCC1)C1CCCCN1. The molecule has 112 valence electrons. The van der Waals surface area contributed by atoms with Crippen LogP contribution >= 0.6 is 12.4 Å². The van der Waals surface area contributed by atoms with Crippen molar-refractivity contribution in [1.82, 2.24) is 10.6 Å². The van der Waals surface area contributed by atoms with Crippen LogP contribution in [-0.4, -0.2) is 36.8 Å². The predicted molar refractivity (Wildman–Crippen MR) is 78.5 cm³/mol. The molecule has 1 atom stereocenters. The van der Waals surface area contributed by atoms with Crippen molar-refractivity contribution in [2.45, 2.75) is 57.4 Å². The molecule has 1 heterocycles. The van der Waals surface area contributed by atoms with E-state index >= 15 is 0 Å². The van der Waals surface area contributed by atoms with Crippen LogP contribution in [0.2, 0.25) is 0 Å². The smallest absolute Gasteiger partial charge is 0.237 e. The van der Waals surface area contributed by atoms with Gasteiger partial charge in [0.15, 0.2) is 0 Å². The lowest BCUT2D eigenvalue weighted by atomic mass is 9.83. The van der Waals surface area contributed by atoms with E-state index in [0.717, 1.165) is 45.2 Å². The van der Waals surface area contributed by atoms with Crippen LogP contribution in [0.15, 0.2) is 0 Å². The highest BCUT2D eigenvalue weighted by molar-refractivity contribution is 5.85. The zero-order chi connectivity index (χ0) is 12.8. The lowest BCUT2D eigenvalue weighted by molar-refractivity contribution is -0.124. The monoisotopic (exact) mass is 290 g/mol. The summed E-state index contributed by atoms with van der Waals surface area (Å²) >= 11 is 0. The molecule has 1 unspecified atom stereocenters. The number of carbonyl (C=O) groups is 1. The van der Waals surface area contributed by atoms with Gasteiger partial charge in [0.1, 0.15) is 0 Å². The fourth-order valence-electron chi connectivity index (χ4n) is 3.35. The molecule has 1 amide bonds. The standard InChI is InChI=1S/C14H26N2O2.ClH/c17-10-8-14(6-2-3-7-14)11-16-13(18)12-5-1-4-9-15-12;/h12,15,17H,1-11H2,(H,16,18);1H. The van der Waals surface area contributed by atoms with Gasteiger partial charge in [-0.3, -0.25) is 4.79 Å². The molecule has 0 aromatic carbocycles. The van der Waals surface area contributed by atoms with Gasteiger partial charge in [-0.1, -0.05) is 19.3 Å². The van der Waals surface area contributed by atoms with Crippen molar-refractivity contribution < 1.29 is 9.90 Å². The summed E-state index contributed by atoms with van der Waals surface area (Å²) in [7, 11) is 0. The third kappa shape index (κ3) is 4.62. The first-order valence-electron chi connectivity index (χ1n) is 7.38. The molecule has 0 spiro atoms. The molecule has 2 rings (SSSR count). The van der Waals surface area contributed by atoms with Gasteiger partial charge in [-0.25, -0.2) is 0 Å². The maximum absolute atomic E-state index is 12.1. The van der Waals surface area contributed by atoms with E-state index < -0.39 is 0 Å². The summed E-state index contributed by atoms with van der Waals surface area (Å²) in [6.45, 7) is 1.93. The quantitative estimate of drug-likeness (QED) is 0.721. The van der Waals surface area contributed by atoms with E-state index in [4.69, 9.17) is 0 Å². The summed E-state index contributed by atoms with van der Waals surface area (Å²) in [6, 6.07) is 0.00586. The molecule has 1 saturated heterocycles. The minimum atomic E-state index is 0. The average Bonchev–Trinajstić information content (AvgIpc) is 2.87. The molecule has 4 nitrogen and oxygen atoms in total. The van der Waals surface area contributed by atoms with Crippen LogP contribution in [0.4, 0.5) is 0 Å². The van der Waals surface area contributed by atoms with Gasteiger partial charge in [-0.2, -0.15) is 0 Å². The van der Waals surface area contributed by atoms with Crippen LogP contribution in [0, 0.1) is 5.41 Å². The Bertz CT molecular complexity index is 275. The van der Waals surface area contributed by atoms with Crippen LogP contribution in [0.1, 0.15) is 51.4 Å². The highest BCUT2D eigenvalue weighted by Crippen LogP contribution is 2.40. The van der Waals surface area contributed by atoms with Gasteiger partial charge in [0.25, 0.3) is 0 Å². The van der Waals surface area contributed by atoms with Gasteiger partial charge in [0.2, 0.25) is 5.91 Å². The second kappa shape index (κ2) is 8.08. The maximum Gasteiger partial charge on any atom is 0.237 e. The second-order valence-corrected chi connectivity index (χ2v) is 5.90. The van der Waals surface area contributed by atoms with Gasteiger partial charge in [-0.15, -0.1) is 12.4 Å². The van der Waals surface area contributed by atoms with Gasteiger partial charge in [0.05, 0.1) is 6.04 Å². The normalized spacial score (nSPS) is 25.6. The molecule has 0 aromatic rings. The number of amides is 1. The van der Waals surface area contributed by atoms with Crippen LogP contribution in [0.3, 0.4) is 0 Å². The maximum atomic E-state index is 12.1. The fraction of sp³-hybridized carbons (Fsp3) is 0.929. The van der Waals surface area contributed by atoms with Crippen molar-refractivity contribution in [3.63, 3.8) is 0 Å². The van der Waals surface area contributed by atoms with E-state index in [9.17, 15) is 9.90 Å². The molecule has 5 heteroatoms. The van der Waals surface area contributed by atoms with Gasteiger partial charge in [-0.05, 0) is 44.1 Å². The number of nitrogens with one attached hydrogen (secondary N) is 2. The van der Waals surface area contributed by atoms with Crippen LogP contribution < -0.4 is 10.6 Å². The largest absolute Gasteiger partial charge is 0.396 e. The van der Waals surface area contributed by atoms with E-state index in [1.165, 1.54) is 19.3 Å². The Labute approximate surface area is 122 Å². The van der Waals surface area contributed by atoms with Crippen LogP contribution in [-0.2, 0) is 4.79 Å². The lowest BCUT2D eigenvalue weighted by Crippen LogP contribution is -2.49. The van der Waals surface area contributed by atoms with Crippen LogP contribution in [0.25, 0.3) is 0 Å². The second-order valence-electron chi connectivity index (χ2n) is 5.90. The van der Waals surface area contributed by atoms with Crippen molar-refractivity contribution in [2.24, 2.45) is 5.41 Å². The number of carbonyl (C=O) groups excluding carboxylic acids is 1. The summed E-state index contributed by atoms with van der Waals surface area (Å²) in [5, 5.41) is 15.6. The summed E-state index contributed by atoms with van der Waals surface area (Å²) in [5.41, 5.74) is 0.166. The molecular formula is C14H27ClN2O2. The predicted octanol–water partition coefficient (Wildman–Crippen LogP) is 1.61. The molecule has 2 fully saturated rings. The molecule has 2 aliphatic rings. The van der Waals surface area contributed by atoms with E-state index in [1.54, 1.807) is 0 Å². The highest BCUT2D eigenvalue weighted by Gasteiger charge is 2.34. The zero-order valence-electron chi connectivity index (χ0n) is 11.6. The molecule has 0 aromatic heterocycles. The molecule has 0 radical (unpaired) electrons. The Morgan fingerprint density at radius 3 is 2.58 bits per heavy atom. The number of halogens is 1. The molecule has 0 bridgehead atoms. The van der Waals surface area contributed by atoms with Gasteiger partial charge < -0.3 is 15.7 Å². The third-order valence-corrected chi connectivity index (χ3v) is 4.57. The van der Waals surface area contributed by atoms with Crippen molar-refractivity contribution in [3.8, 4) is 0 Å². The minimum absolute atomic E-state index is 0. The topological polar surface area (TPSA) is 61.4 Å². The van der Waals surface area contributed by atoms with Crippen molar-refractivity contribution in [1.29, 1.82) is 0 Å². The average molecular weight is 291 g/mol. The lowest BCUT2D eigenvalue weighted by Gasteiger charge is -2.30. The Balaban J connectivity index is 0.00000180. The number of hydrogen-bond acceptors (Lipinski definition) is 3. The summed E-state index contributed by atoms with van der Waals surface area (Å²) < 4.78 is 0. The Hall–Kier alpha value is -0.320. The van der Waals surface area contributed by atoms with Gasteiger partial charge >= 0.3 is 0 Å². The molecule has 19 heavy (non-hydrogen) atoms. The Kier molecular flexibility index (Phi) is 7.11. The molecular weight excluding hydrogens is 264 g/mol. The molecule has 3 N–H and O–H groups in total. The number of rotatable bonds is 5. The first-order valence-corrected chi connectivity index (χ1v) is 7.38. The van der Waals surface area contributed by atoms with Gasteiger partial charge in [0, 0.05) is 13.2 Å². The van der Waals surface area contributed by atoms with Crippen molar-refractivity contribution in [3.05, 3.63) is 0 Å². The van der Waals surface area contributed by atoms with E-state index in [2.05, 4.69) is 10.6 Å².